The van der Waals surface area contributed by atoms with Crippen molar-refractivity contribution in [3.05, 3.63) is 75.1 Å². The van der Waals surface area contributed by atoms with Gasteiger partial charge in [0, 0.05) is 23.3 Å². The number of nitrogens with zero attached hydrogens (tertiary/aromatic N) is 2. The standard InChI is InChI=1S/C16H10N2O5S/c19-12-4-2-1-3-10(12)13(20)9-7-11(15(22)23)14(21)18(8-9)16-17-5-6-24-16/h1-8,19H,(H,22,23). The molecule has 7 nitrogen and oxygen atoms in total. The molecule has 0 spiro atoms. The molecule has 0 amide bonds. The molecular formula is C16H10N2O5S. The molecule has 0 atom stereocenters. The van der Waals surface area contributed by atoms with Gasteiger partial charge in [-0.2, -0.15) is 0 Å². The highest BCUT2D eigenvalue weighted by atomic mass is 32.1. The third-order valence-electron chi connectivity index (χ3n) is 3.28. The number of rotatable bonds is 4. The number of pyridine rings is 1. The quantitative estimate of drug-likeness (QED) is 0.701. The molecule has 0 aliphatic carbocycles. The molecule has 0 unspecified atom stereocenters. The molecule has 120 valence electrons. The van der Waals surface area contributed by atoms with Crippen molar-refractivity contribution in [1.29, 1.82) is 0 Å². The fraction of sp³-hybridized carbons (Fsp3) is 0. The summed E-state index contributed by atoms with van der Waals surface area (Å²) < 4.78 is 1.02. The predicted octanol–water partition coefficient (Wildman–Crippen LogP) is 1.93. The molecule has 0 aliphatic heterocycles. The summed E-state index contributed by atoms with van der Waals surface area (Å²) in [6, 6.07) is 6.90. The van der Waals surface area contributed by atoms with E-state index in [0.717, 1.165) is 22.0 Å². The molecular weight excluding hydrogens is 332 g/mol. The summed E-state index contributed by atoms with van der Waals surface area (Å²) in [4.78, 5) is 40.2. The lowest BCUT2D eigenvalue weighted by atomic mass is 10.0. The van der Waals surface area contributed by atoms with Gasteiger partial charge in [-0.25, -0.2) is 9.78 Å². The molecule has 0 radical (unpaired) electrons. The van der Waals surface area contributed by atoms with Crippen LogP contribution in [0.25, 0.3) is 5.13 Å². The van der Waals surface area contributed by atoms with Crippen molar-refractivity contribution >= 4 is 23.1 Å². The number of phenols is 1. The molecule has 24 heavy (non-hydrogen) atoms. The van der Waals surface area contributed by atoms with E-state index in [-0.39, 0.29) is 22.0 Å². The molecule has 2 N–H and O–H groups in total. The number of aromatic hydroxyl groups is 1. The van der Waals surface area contributed by atoms with Gasteiger partial charge in [0.25, 0.3) is 5.56 Å². The lowest BCUT2D eigenvalue weighted by Gasteiger charge is -2.08. The van der Waals surface area contributed by atoms with Crippen LogP contribution in [0.5, 0.6) is 5.75 Å². The summed E-state index contributed by atoms with van der Waals surface area (Å²) in [7, 11) is 0. The zero-order valence-electron chi connectivity index (χ0n) is 12.0. The second-order valence-corrected chi connectivity index (χ2v) is 5.66. The van der Waals surface area contributed by atoms with Gasteiger partial charge in [-0.15, -0.1) is 11.3 Å². The number of hydrogen-bond donors (Lipinski definition) is 2. The first kappa shape index (κ1) is 15.6. The number of para-hydroxylation sites is 1. The van der Waals surface area contributed by atoms with Crippen molar-refractivity contribution in [3.63, 3.8) is 0 Å². The largest absolute Gasteiger partial charge is 0.507 e. The summed E-state index contributed by atoms with van der Waals surface area (Å²) >= 11 is 1.13. The van der Waals surface area contributed by atoms with Gasteiger partial charge in [-0.1, -0.05) is 12.1 Å². The molecule has 8 heteroatoms. The van der Waals surface area contributed by atoms with Crippen LogP contribution in [-0.2, 0) is 0 Å². The maximum Gasteiger partial charge on any atom is 0.341 e. The van der Waals surface area contributed by atoms with E-state index in [2.05, 4.69) is 4.98 Å². The normalized spacial score (nSPS) is 10.5. The number of thiazole rings is 1. The Hall–Kier alpha value is -3.26. The van der Waals surface area contributed by atoms with Crippen LogP contribution >= 0.6 is 11.3 Å². The summed E-state index contributed by atoms with van der Waals surface area (Å²) in [5.41, 5.74) is -1.36. The molecule has 0 fully saturated rings. The number of benzene rings is 1. The van der Waals surface area contributed by atoms with Gasteiger partial charge in [-0.05, 0) is 18.2 Å². The van der Waals surface area contributed by atoms with Crippen molar-refractivity contribution in [2.75, 3.05) is 0 Å². The molecule has 3 aromatic rings. The van der Waals surface area contributed by atoms with Crippen LogP contribution in [0, 0.1) is 0 Å². The molecule has 0 saturated heterocycles. The second-order valence-electron chi connectivity index (χ2n) is 4.78. The average molecular weight is 342 g/mol. The summed E-state index contributed by atoms with van der Waals surface area (Å²) in [6.07, 6.45) is 2.69. The van der Waals surface area contributed by atoms with Crippen LogP contribution in [0.4, 0.5) is 0 Å². The molecule has 1 aromatic carbocycles. The van der Waals surface area contributed by atoms with Crippen LogP contribution in [0.2, 0.25) is 0 Å². The number of aromatic carboxylic acids is 1. The number of ketones is 1. The van der Waals surface area contributed by atoms with Crippen molar-refractivity contribution < 1.29 is 19.8 Å². The summed E-state index contributed by atoms with van der Waals surface area (Å²) in [5.74, 6) is -2.27. The number of aromatic nitrogens is 2. The van der Waals surface area contributed by atoms with Gasteiger partial charge in [-0.3, -0.25) is 14.2 Å². The average Bonchev–Trinajstić information content (AvgIpc) is 3.09. The topological polar surface area (TPSA) is 109 Å². The Morgan fingerprint density at radius 1 is 1.17 bits per heavy atom. The highest BCUT2D eigenvalue weighted by Gasteiger charge is 2.20. The maximum absolute atomic E-state index is 12.6. The molecule has 0 saturated carbocycles. The number of carboxylic acid groups (broad SMARTS) is 1. The van der Waals surface area contributed by atoms with Gasteiger partial charge in [0.05, 0.1) is 5.56 Å². The molecule has 0 bridgehead atoms. The van der Waals surface area contributed by atoms with Crippen LogP contribution < -0.4 is 5.56 Å². The number of carbonyl (C=O) groups is 2. The fourth-order valence-corrected chi connectivity index (χ4v) is 2.77. The zero-order chi connectivity index (χ0) is 17.3. The Balaban J connectivity index is 2.22. The Bertz CT molecular complexity index is 992. The predicted molar refractivity (Wildman–Crippen MR) is 86.2 cm³/mol. The third-order valence-corrected chi connectivity index (χ3v) is 4.05. The second kappa shape index (κ2) is 6.09. The van der Waals surface area contributed by atoms with Crippen LogP contribution in [-0.4, -0.2) is 31.5 Å². The summed E-state index contributed by atoms with van der Waals surface area (Å²) in [6.45, 7) is 0. The van der Waals surface area contributed by atoms with Gasteiger partial charge in [0.2, 0.25) is 0 Å². The number of carboxylic acids is 1. The van der Waals surface area contributed by atoms with Gasteiger partial charge in [0.15, 0.2) is 10.9 Å². The van der Waals surface area contributed by atoms with E-state index in [0.29, 0.717) is 0 Å². The minimum atomic E-state index is -1.45. The van der Waals surface area contributed by atoms with E-state index in [1.54, 1.807) is 17.5 Å². The van der Waals surface area contributed by atoms with Crippen molar-refractivity contribution in [2.45, 2.75) is 0 Å². The van der Waals surface area contributed by atoms with Gasteiger partial charge >= 0.3 is 5.97 Å². The Kier molecular flexibility index (Phi) is 3.97. The molecule has 0 aliphatic rings. The van der Waals surface area contributed by atoms with Crippen LogP contribution in [0.15, 0.2) is 52.9 Å². The number of phenolic OH excluding ortho intramolecular Hbond substituents is 1. The van der Waals surface area contributed by atoms with Crippen molar-refractivity contribution in [2.24, 2.45) is 0 Å². The van der Waals surface area contributed by atoms with Crippen molar-refractivity contribution in [1.82, 2.24) is 9.55 Å². The van der Waals surface area contributed by atoms with E-state index in [1.165, 1.54) is 24.5 Å². The Labute approximate surface area is 139 Å². The highest BCUT2D eigenvalue weighted by molar-refractivity contribution is 7.12. The van der Waals surface area contributed by atoms with E-state index in [1.807, 2.05) is 0 Å². The minimum Gasteiger partial charge on any atom is -0.507 e. The van der Waals surface area contributed by atoms with E-state index in [9.17, 15) is 24.6 Å². The fourth-order valence-electron chi connectivity index (χ4n) is 2.16. The van der Waals surface area contributed by atoms with Crippen LogP contribution in [0.1, 0.15) is 26.3 Å². The number of hydrogen-bond acceptors (Lipinski definition) is 6. The highest BCUT2D eigenvalue weighted by Crippen LogP contribution is 2.20. The summed E-state index contributed by atoms with van der Waals surface area (Å²) in [5, 5.41) is 20.9. The number of carbonyl (C=O) groups excluding carboxylic acids is 1. The zero-order valence-corrected chi connectivity index (χ0v) is 12.9. The van der Waals surface area contributed by atoms with Gasteiger partial charge < -0.3 is 10.2 Å². The SMILES string of the molecule is O=C(c1cc(C(=O)O)c(=O)n(-c2nccs2)c1)c1ccccc1O. The smallest absolute Gasteiger partial charge is 0.341 e. The first-order valence-corrected chi connectivity index (χ1v) is 7.59. The minimum absolute atomic E-state index is 0.0122. The maximum atomic E-state index is 12.6. The lowest BCUT2D eigenvalue weighted by Crippen LogP contribution is -2.26. The molecule has 3 rings (SSSR count). The third kappa shape index (κ3) is 2.70. The first-order valence-electron chi connectivity index (χ1n) is 6.71. The van der Waals surface area contributed by atoms with E-state index < -0.39 is 22.9 Å². The van der Waals surface area contributed by atoms with Crippen LogP contribution in [0.3, 0.4) is 0 Å². The Morgan fingerprint density at radius 2 is 1.92 bits per heavy atom. The monoisotopic (exact) mass is 342 g/mol. The first-order chi connectivity index (χ1) is 11.5. The Morgan fingerprint density at radius 3 is 2.54 bits per heavy atom. The van der Waals surface area contributed by atoms with Crippen molar-refractivity contribution in [3.8, 4) is 10.9 Å². The molecule has 2 aromatic heterocycles. The van der Waals surface area contributed by atoms with E-state index >= 15 is 0 Å². The van der Waals surface area contributed by atoms with Gasteiger partial charge in [0.1, 0.15) is 11.3 Å². The molecule has 2 heterocycles. The lowest BCUT2D eigenvalue weighted by molar-refractivity contribution is 0.0694. The van der Waals surface area contributed by atoms with E-state index in [4.69, 9.17) is 0 Å².